The summed E-state index contributed by atoms with van der Waals surface area (Å²) in [6, 6.07) is 10.8. The van der Waals surface area contributed by atoms with Crippen LogP contribution < -0.4 is 4.18 Å². The standard InChI is InChI=1S/C20H24FNO5S/c1-15(2)20(23)22(12-13-26-3)14-16-4-8-18(9-5-16)27-28(24,25)19-10-6-17(21)7-11-19/h4-11,15H,12-14H2,1-3H3. The predicted octanol–water partition coefficient (Wildman–Crippen LogP) is 3.22. The van der Waals surface area contributed by atoms with Crippen molar-refractivity contribution in [2.24, 2.45) is 5.92 Å². The van der Waals surface area contributed by atoms with Gasteiger partial charge in [0.15, 0.2) is 0 Å². The normalized spacial score (nSPS) is 11.5. The van der Waals surface area contributed by atoms with Crippen LogP contribution in [0.1, 0.15) is 19.4 Å². The number of ether oxygens (including phenoxy) is 1. The lowest BCUT2D eigenvalue weighted by atomic mass is 10.1. The van der Waals surface area contributed by atoms with E-state index in [2.05, 4.69) is 0 Å². The minimum Gasteiger partial charge on any atom is -0.383 e. The van der Waals surface area contributed by atoms with E-state index in [1.54, 1.807) is 24.1 Å². The number of hydrogen-bond donors (Lipinski definition) is 0. The summed E-state index contributed by atoms with van der Waals surface area (Å²) in [5.41, 5.74) is 0.830. The number of benzene rings is 2. The number of nitrogens with zero attached hydrogens (tertiary/aromatic N) is 1. The van der Waals surface area contributed by atoms with Gasteiger partial charge in [-0.1, -0.05) is 26.0 Å². The quantitative estimate of drug-likeness (QED) is 0.595. The van der Waals surface area contributed by atoms with E-state index < -0.39 is 15.9 Å². The van der Waals surface area contributed by atoms with Gasteiger partial charge < -0.3 is 13.8 Å². The van der Waals surface area contributed by atoms with Gasteiger partial charge in [-0.25, -0.2) is 4.39 Å². The number of carbonyl (C=O) groups excluding carboxylic acids is 1. The molecule has 1 amide bonds. The van der Waals surface area contributed by atoms with Gasteiger partial charge in [0.05, 0.1) is 6.61 Å². The average molecular weight is 409 g/mol. The monoisotopic (exact) mass is 409 g/mol. The second-order valence-corrected chi connectivity index (χ2v) is 8.09. The van der Waals surface area contributed by atoms with Crippen molar-refractivity contribution in [3.63, 3.8) is 0 Å². The molecule has 0 bridgehead atoms. The first kappa shape index (κ1) is 21.8. The van der Waals surface area contributed by atoms with Crippen LogP contribution in [0.3, 0.4) is 0 Å². The van der Waals surface area contributed by atoms with Crippen molar-refractivity contribution in [3.8, 4) is 5.75 Å². The molecule has 0 radical (unpaired) electrons. The largest absolute Gasteiger partial charge is 0.383 e. The van der Waals surface area contributed by atoms with Crippen molar-refractivity contribution in [1.82, 2.24) is 4.90 Å². The molecule has 6 nitrogen and oxygen atoms in total. The Hall–Kier alpha value is -2.45. The summed E-state index contributed by atoms with van der Waals surface area (Å²) in [4.78, 5) is 13.9. The van der Waals surface area contributed by atoms with Crippen LogP contribution in [0.2, 0.25) is 0 Å². The van der Waals surface area contributed by atoms with Gasteiger partial charge >= 0.3 is 10.1 Å². The Labute approximate surface area is 165 Å². The fraction of sp³-hybridized carbons (Fsp3) is 0.350. The fourth-order valence-electron chi connectivity index (χ4n) is 2.48. The van der Waals surface area contributed by atoms with Gasteiger partial charge in [-0.15, -0.1) is 0 Å². The Kier molecular flexibility index (Phi) is 7.53. The molecule has 0 aliphatic carbocycles. The van der Waals surface area contributed by atoms with Crippen molar-refractivity contribution in [2.75, 3.05) is 20.3 Å². The molecule has 0 saturated heterocycles. The van der Waals surface area contributed by atoms with E-state index in [0.29, 0.717) is 19.7 Å². The SMILES string of the molecule is COCCN(Cc1ccc(OS(=O)(=O)c2ccc(F)cc2)cc1)C(=O)C(C)C. The van der Waals surface area contributed by atoms with Crippen LogP contribution >= 0.6 is 0 Å². The molecule has 8 heteroatoms. The first-order valence-electron chi connectivity index (χ1n) is 8.79. The first-order chi connectivity index (χ1) is 13.2. The molecule has 0 fully saturated rings. The van der Waals surface area contributed by atoms with E-state index >= 15 is 0 Å². The van der Waals surface area contributed by atoms with E-state index in [4.69, 9.17) is 8.92 Å². The Morgan fingerprint density at radius 1 is 1.07 bits per heavy atom. The third kappa shape index (κ3) is 6.03. The fourth-order valence-corrected chi connectivity index (χ4v) is 3.41. The van der Waals surface area contributed by atoms with Crippen molar-refractivity contribution >= 4 is 16.0 Å². The third-order valence-electron chi connectivity index (χ3n) is 3.98. The molecule has 2 rings (SSSR count). The minimum atomic E-state index is -4.05. The number of methoxy groups -OCH3 is 1. The number of rotatable bonds is 9. The summed E-state index contributed by atoms with van der Waals surface area (Å²) in [6.45, 7) is 4.93. The molecule has 0 N–H and O–H groups in total. The number of amides is 1. The molecular weight excluding hydrogens is 385 g/mol. The van der Waals surface area contributed by atoms with Crippen LogP contribution in [0.5, 0.6) is 5.75 Å². The van der Waals surface area contributed by atoms with Gasteiger partial charge in [-0.3, -0.25) is 4.79 Å². The average Bonchev–Trinajstić information content (AvgIpc) is 2.66. The zero-order valence-corrected chi connectivity index (χ0v) is 16.9. The van der Waals surface area contributed by atoms with E-state index in [1.807, 2.05) is 13.8 Å². The maximum absolute atomic E-state index is 13.0. The van der Waals surface area contributed by atoms with Crippen molar-refractivity contribution in [3.05, 3.63) is 59.9 Å². The van der Waals surface area contributed by atoms with Gasteiger partial charge in [-0.2, -0.15) is 8.42 Å². The highest BCUT2D eigenvalue weighted by Crippen LogP contribution is 2.20. The van der Waals surface area contributed by atoms with Crippen LogP contribution in [0.4, 0.5) is 4.39 Å². The molecule has 0 unspecified atom stereocenters. The van der Waals surface area contributed by atoms with Crippen molar-refractivity contribution in [1.29, 1.82) is 0 Å². The van der Waals surface area contributed by atoms with Gasteiger partial charge in [0.25, 0.3) is 0 Å². The Morgan fingerprint density at radius 2 is 1.68 bits per heavy atom. The van der Waals surface area contributed by atoms with E-state index in [9.17, 15) is 17.6 Å². The van der Waals surface area contributed by atoms with Crippen LogP contribution in [0.25, 0.3) is 0 Å². The molecule has 0 aliphatic heterocycles. The first-order valence-corrected chi connectivity index (χ1v) is 10.2. The lowest BCUT2D eigenvalue weighted by Crippen LogP contribution is -2.36. The van der Waals surface area contributed by atoms with Crippen LogP contribution in [-0.4, -0.2) is 39.5 Å². The maximum atomic E-state index is 13.0. The summed E-state index contributed by atoms with van der Waals surface area (Å²) in [5, 5.41) is 0. The van der Waals surface area contributed by atoms with Crippen LogP contribution in [-0.2, 0) is 26.2 Å². The molecule has 152 valence electrons. The molecule has 0 spiro atoms. The zero-order valence-electron chi connectivity index (χ0n) is 16.1. The zero-order chi connectivity index (χ0) is 20.7. The van der Waals surface area contributed by atoms with Crippen LogP contribution in [0, 0.1) is 11.7 Å². The Morgan fingerprint density at radius 3 is 2.21 bits per heavy atom. The lowest BCUT2D eigenvalue weighted by molar-refractivity contribution is -0.135. The number of hydrogen-bond acceptors (Lipinski definition) is 5. The van der Waals surface area contributed by atoms with E-state index in [0.717, 1.165) is 29.8 Å². The Bertz CT molecular complexity index is 880. The van der Waals surface area contributed by atoms with Gasteiger partial charge in [-0.05, 0) is 42.0 Å². The van der Waals surface area contributed by atoms with E-state index in [-0.39, 0.29) is 22.5 Å². The molecule has 0 atom stereocenters. The summed E-state index contributed by atoms with van der Waals surface area (Å²) in [5.74, 6) is -0.527. The second kappa shape index (κ2) is 9.66. The van der Waals surface area contributed by atoms with Gasteiger partial charge in [0.2, 0.25) is 5.91 Å². The topological polar surface area (TPSA) is 72.9 Å². The highest BCUT2D eigenvalue weighted by molar-refractivity contribution is 7.87. The van der Waals surface area contributed by atoms with Crippen molar-refractivity contribution < 1.29 is 26.5 Å². The predicted molar refractivity (Wildman–Crippen MR) is 103 cm³/mol. The van der Waals surface area contributed by atoms with Gasteiger partial charge in [0, 0.05) is 26.1 Å². The summed E-state index contributed by atoms with van der Waals surface area (Å²) in [7, 11) is -2.48. The highest BCUT2D eigenvalue weighted by Gasteiger charge is 2.19. The number of carbonyl (C=O) groups is 1. The molecular formula is C20H24FNO5S. The van der Waals surface area contributed by atoms with Crippen molar-refractivity contribution in [2.45, 2.75) is 25.3 Å². The molecule has 2 aromatic carbocycles. The summed E-state index contributed by atoms with van der Waals surface area (Å²) >= 11 is 0. The molecule has 28 heavy (non-hydrogen) atoms. The Balaban J connectivity index is 2.09. The molecule has 0 saturated carbocycles. The summed E-state index contributed by atoms with van der Waals surface area (Å²) in [6.07, 6.45) is 0. The minimum absolute atomic E-state index is 0.0104. The highest BCUT2D eigenvalue weighted by atomic mass is 32.2. The molecule has 0 heterocycles. The second-order valence-electron chi connectivity index (χ2n) is 6.54. The molecule has 0 aromatic heterocycles. The number of halogens is 1. The third-order valence-corrected chi connectivity index (χ3v) is 5.24. The molecule has 2 aromatic rings. The van der Waals surface area contributed by atoms with E-state index in [1.165, 1.54) is 12.1 Å². The lowest BCUT2D eigenvalue weighted by Gasteiger charge is -2.24. The van der Waals surface area contributed by atoms with Crippen LogP contribution in [0.15, 0.2) is 53.4 Å². The smallest absolute Gasteiger partial charge is 0.339 e. The van der Waals surface area contributed by atoms with Gasteiger partial charge in [0.1, 0.15) is 16.5 Å². The maximum Gasteiger partial charge on any atom is 0.339 e. The summed E-state index contributed by atoms with van der Waals surface area (Å²) < 4.78 is 47.6. The molecule has 0 aliphatic rings.